The third kappa shape index (κ3) is 5.98. The Kier molecular flexibility index (Phi) is 7.21. The molecule has 2 rings (SSSR count). The van der Waals surface area contributed by atoms with Crippen LogP contribution in [0.4, 0.5) is 5.69 Å². The highest BCUT2D eigenvalue weighted by molar-refractivity contribution is 6.40. The molecule has 2 aromatic rings. The zero-order valence-corrected chi connectivity index (χ0v) is 16.3. The number of amides is 2. The van der Waals surface area contributed by atoms with E-state index in [1.54, 1.807) is 37.3 Å². The van der Waals surface area contributed by atoms with Crippen LogP contribution in [-0.4, -0.2) is 30.9 Å². The molecule has 0 saturated heterocycles. The monoisotopic (exact) mass is 408 g/mol. The standard InChI is InChI=1S/C19H18Cl2N2O4/c1-11-4-3-5-13(8-11)19(26)22-9-16(25)27-10-15(24)23-18-14(20)7-6-12(2)17(18)21/h3-8H,9-10H2,1-2H3,(H,22,26)(H,23,24). The van der Waals surface area contributed by atoms with Gasteiger partial charge >= 0.3 is 5.97 Å². The smallest absolute Gasteiger partial charge is 0.325 e. The molecule has 0 aliphatic rings. The minimum atomic E-state index is -0.743. The molecule has 0 aromatic heterocycles. The third-order valence-electron chi connectivity index (χ3n) is 3.59. The van der Waals surface area contributed by atoms with Crippen molar-refractivity contribution in [1.82, 2.24) is 5.32 Å². The predicted octanol–water partition coefficient (Wildman–Crippen LogP) is 3.52. The van der Waals surface area contributed by atoms with Crippen molar-refractivity contribution in [2.45, 2.75) is 13.8 Å². The van der Waals surface area contributed by atoms with Gasteiger partial charge in [0.1, 0.15) is 6.54 Å². The molecule has 6 nitrogen and oxygen atoms in total. The van der Waals surface area contributed by atoms with Crippen LogP contribution in [0.25, 0.3) is 0 Å². The van der Waals surface area contributed by atoms with Crippen molar-refractivity contribution in [2.24, 2.45) is 0 Å². The van der Waals surface area contributed by atoms with E-state index in [1.165, 1.54) is 0 Å². The second-order valence-electron chi connectivity index (χ2n) is 5.81. The second kappa shape index (κ2) is 9.39. The summed E-state index contributed by atoms with van der Waals surface area (Å²) in [4.78, 5) is 35.6. The maximum atomic E-state index is 12.0. The van der Waals surface area contributed by atoms with E-state index in [9.17, 15) is 14.4 Å². The lowest BCUT2D eigenvalue weighted by Gasteiger charge is -2.11. The zero-order chi connectivity index (χ0) is 20.0. The van der Waals surface area contributed by atoms with Gasteiger partial charge in [-0.05, 0) is 37.6 Å². The van der Waals surface area contributed by atoms with Gasteiger partial charge in [0.25, 0.3) is 11.8 Å². The zero-order valence-electron chi connectivity index (χ0n) is 14.8. The van der Waals surface area contributed by atoms with Crippen molar-refractivity contribution in [3.05, 3.63) is 63.1 Å². The number of ether oxygens (including phenoxy) is 1. The summed E-state index contributed by atoms with van der Waals surface area (Å²) in [6.45, 7) is 2.74. The Labute approximate surface area is 166 Å². The van der Waals surface area contributed by atoms with Gasteiger partial charge in [-0.15, -0.1) is 0 Å². The Balaban J connectivity index is 1.81. The number of carbonyl (C=O) groups is 3. The van der Waals surface area contributed by atoms with Crippen molar-refractivity contribution in [1.29, 1.82) is 0 Å². The van der Waals surface area contributed by atoms with Crippen LogP contribution >= 0.6 is 23.2 Å². The number of nitrogens with one attached hydrogen (secondary N) is 2. The van der Waals surface area contributed by atoms with Crippen LogP contribution in [0.3, 0.4) is 0 Å². The lowest BCUT2D eigenvalue weighted by Crippen LogP contribution is -2.32. The Morgan fingerprint density at radius 2 is 1.81 bits per heavy atom. The molecular weight excluding hydrogens is 391 g/mol. The molecule has 8 heteroatoms. The summed E-state index contributed by atoms with van der Waals surface area (Å²) < 4.78 is 4.84. The van der Waals surface area contributed by atoms with Crippen LogP contribution < -0.4 is 10.6 Å². The fourth-order valence-electron chi connectivity index (χ4n) is 2.18. The van der Waals surface area contributed by atoms with E-state index >= 15 is 0 Å². The van der Waals surface area contributed by atoms with Gasteiger partial charge in [-0.2, -0.15) is 0 Å². The van der Waals surface area contributed by atoms with Gasteiger partial charge in [0.15, 0.2) is 6.61 Å². The predicted molar refractivity (Wildman–Crippen MR) is 104 cm³/mol. The van der Waals surface area contributed by atoms with Crippen LogP contribution in [0, 0.1) is 13.8 Å². The Morgan fingerprint density at radius 3 is 2.52 bits per heavy atom. The van der Waals surface area contributed by atoms with Crippen molar-refractivity contribution < 1.29 is 19.1 Å². The molecule has 0 radical (unpaired) electrons. The summed E-state index contributed by atoms with van der Waals surface area (Å²) >= 11 is 12.1. The van der Waals surface area contributed by atoms with Gasteiger partial charge in [-0.1, -0.05) is 47.0 Å². The van der Waals surface area contributed by atoms with E-state index in [0.717, 1.165) is 11.1 Å². The fraction of sp³-hybridized carbons (Fsp3) is 0.211. The molecule has 0 heterocycles. The van der Waals surface area contributed by atoms with Gasteiger partial charge < -0.3 is 15.4 Å². The topological polar surface area (TPSA) is 84.5 Å². The number of benzene rings is 2. The number of anilines is 1. The second-order valence-corrected chi connectivity index (χ2v) is 6.60. The molecule has 0 aliphatic heterocycles. The number of aryl methyl sites for hydroxylation is 2. The van der Waals surface area contributed by atoms with Crippen LogP contribution in [0.2, 0.25) is 10.0 Å². The first kappa shape index (κ1) is 20.7. The fourth-order valence-corrected chi connectivity index (χ4v) is 2.65. The van der Waals surface area contributed by atoms with Gasteiger partial charge in [0.2, 0.25) is 0 Å². The van der Waals surface area contributed by atoms with E-state index < -0.39 is 24.4 Å². The molecule has 0 saturated carbocycles. The summed E-state index contributed by atoms with van der Waals surface area (Å²) in [7, 11) is 0. The minimum Gasteiger partial charge on any atom is -0.454 e. The Hall–Kier alpha value is -2.57. The molecule has 27 heavy (non-hydrogen) atoms. The van der Waals surface area contributed by atoms with Gasteiger partial charge in [0, 0.05) is 5.56 Å². The molecule has 0 fully saturated rings. The molecular formula is C19H18Cl2N2O4. The number of esters is 1. The molecule has 0 atom stereocenters. The van der Waals surface area contributed by atoms with Gasteiger partial charge in [-0.3, -0.25) is 14.4 Å². The molecule has 0 spiro atoms. The Morgan fingerprint density at radius 1 is 1.07 bits per heavy atom. The average molecular weight is 409 g/mol. The van der Waals surface area contributed by atoms with Crippen LogP contribution in [0.1, 0.15) is 21.5 Å². The highest BCUT2D eigenvalue weighted by Crippen LogP contribution is 2.32. The number of halogens is 2. The summed E-state index contributed by atoms with van der Waals surface area (Å²) in [5, 5.41) is 5.53. The SMILES string of the molecule is Cc1cccc(C(=O)NCC(=O)OCC(=O)Nc2c(Cl)ccc(C)c2Cl)c1. The van der Waals surface area contributed by atoms with E-state index in [2.05, 4.69) is 10.6 Å². The first-order chi connectivity index (χ1) is 12.8. The number of carbonyl (C=O) groups excluding carboxylic acids is 3. The molecule has 2 aromatic carbocycles. The van der Waals surface area contributed by atoms with E-state index in [4.69, 9.17) is 27.9 Å². The summed E-state index contributed by atoms with van der Waals surface area (Å²) in [5.74, 6) is -1.74. The molecule has 0 aliphatic carbocycles. The van der Waals surface area contributed by atoms with Gasteiger partial charge in [0.05, 0.1) is 15.7 Å². The highest BCUT2D eigenvalue weighted by Gasteiger charge is 2.14. The van der Waals surface area contributed by atoms with Crippen LogP contribution in [-0.2, 0) is 14.3 Å². The third-order valence-corrected chi connectivity index (χ3v) is 4.39. The number of hydrogen-bond acceptors (Lipinski definition) is 4. The van der Waals surface area contributed by atoms with Crippen molar-refractivity contribution >= 4 is 46.7 Å². The largest absolute Gasteiger partial charge is 0.454 e. The normalized spacial score (nSPS) is 10.2. The Bertz CT molecular complexity index is 884. The first-order valence-corrected chi connectivity index (χ1v) is 8.78. The lowest BCUT2D eigenvalue weighted by atomic mass is 10.1. The average Bonchev–Trinajstić information content (AvgIpc) is 2.64. The maximum absolute atomic E-state index is 12.0. The van der Waals surface area contributed by atoms with E-state index in [1.807, 2.05) is 13.0 Å². The summed E-state index contributed by atoms with van der Waals surface area (Å²) in [6, 6.07) is 10.3. The minimum absolute atomic E-state index is 0.257. The van der Waals surface area contributed by atoms with Crippen molar-refractivity contribution in [3.8, 4) is 0 Å². The van der Waals surface area contributed by atoms with Crippen molar-refractivity contribution in [3.63, 3.8) is 0 Å². The number of rotatable bonds is 6. The lowest BCUT2D eigenvalue weighted by molar-refractivity contribution is -0.146. The molecule has 0 unspecified atom stereocenters. The van der Waals surface area contributed by atoms with Crippen LogP contribution in [0.5, 0.6) is 0 Å². The highest BCUT2D eigenvalue weighted by atomic mass is 35.5. The first-order valence-electron chi connectivity index (χ1n) is 8.03. The van der Waals surface area contributed by atoms with Crippen LogP contribution in [0.15, 0.2) is 36.4 Å². The van der Waals surface area contributed by atoms with Gasteiger partial charge in [-0.25, -0.2) is 0 Å². The molecule has 0 bridgehead atoms. The van der Waals surface area contributed by atoms with E-state index in [0.29, 0.717) is 10.6 Å². The summed E-state index contributed by atoms with van der Waals surface area (Å²) in [6.07, 6.45) is 0. The van der Waals surface area contributed by atoms with Crippen molar-refractivity contribution in [2.75, 3.05) is 18.5 Å². The quantitative estimate of drug-likeness (QED) is 0.716. The summed E-state index contributed by atoms with van der Waals surface area (Å²) in [5.41, 5.74) is 2.36. The molecule has 2 N–H and O–H groups in total. The maximum Gasteiger partial charge on any atom is 0.325 e. The molecule has 142 valence electrons. The van der Waals surface area contributed by atoms with E-state index in [-0.39, 0.29) is 17.3 Å². The molecule has 2 amide bonds. The number of hydrogen-bond donors (Lipinski definition) is 2.